The van der Waals surface area contributed by atoms with Gasteiger partial charge in [0.1, 0.15) is 11.4 Å². The summed E-state index contributed by atoms with van der Waals surface area (Å²) in [6.45, 7) is 3.67. The molecule has 1 N–H and O–H groups in total. The van der Waals surface area contributed by atoms with Crippen LogP contribution in [-0.4, -0.2) is 45.7 Å². The maximum atomic E-state index is 12.3. The third kappa shape index (κ3) is 4.39. The Bertz CT molecular complexity index is 846. The number of hydrogen-bond donors (Lipinski definition) is 1. The van der Waals surface area contributed by atoms with Gasteiger partial charge in [-0.3, -0.25) is 9.59 Å². The highest BCUT2D eigenvalue weighted by Gasteiger charge is 2.31. The number of fused-ring (bicyclic) bond motifs is 1. The molecule has 0 unspecified atom stereocenters. The van der Waals surface area contributed by atoms with Crippen molar-refractivity contribution in [3.05, 3.63) is 47.5 Å². The van der Waals surface area contributed by atoms with Gasteiger partial charge in [0.15, 0.2) is 5.82 Å². The van der Waals surface area contributed by atoms with Crippen molar-refractivity contribution in [3.8, 4) is 5.75 Å². The van der Waals surface area contributed by atoms with Crippen molar-refractivity contribution in [1.29, 1.82) is 0 Å². The molecule has 144 valence electrons. The van der Waals surface area contributed by atoms with Crippen LogP contribution in [0.3, 0.4) is 0 Å². The van der Waals surface area contributed by atoms with E-state index >= 15 is 0 Å². The van der Waals surface area contributed by atoms with E-state index in [2.05, 4.69) is 15.0 Å². The van der Waals surface area contributed by atoms with E-state index in [9.17, 15) is 22.8 Å². The molecule has 0 saturated carbocycles. The monoisotopic (exact) mass is 382 g/mol. The van der Waals surface area contributed by atoms with E-state index in [-0.39, 0.29) is 29.7 Å². The van der Waals surface area contributed by atoms with Crippen molar-refractivity contribution >= 4 is 11.8 Å². The number of carbonyl (C=O) groups is 2. The van der Waals surface area contributed by atoms with E-state index in [1.807, 2.05) is 6.92 Å². The zero-order valence-electron chi connectivity index (χ0n) is 14.4. The third-order valence-electron chi connectivity index (χ3n) is 4.09. The molecule has 0 spiro atoms. The zero-order chi connectivity index (χ0) is 19.6. The molecule has 27 heavy (non-hydrogen) atoms. The molecule has 1 aliphatic rings. The van der Waals surface area contributed by atoms with Crippen LogP contribution >= 0.6 is 0 Å². The van der Waals surface area contributed by atoms with Gasteiger partial charge in [0.2, 0.25) is 0 Å². The molecule has 0 aliphatic carbocycles. The number of ether oxygens (including phenoxy) is 1. The highest BCUT2D eigenvalue weighted by Crippen LogP contribution is 2.22. The number of nitrogens with zero attached hydrogens (tertiary/aromatic N) is 3. The Kier molecular flexibility index (Phi) is 5.06. The molecule has 1 aromatic heterocycles. The summed E-state index contributed by atoms with van der Waals surface area (Å²) in [5.74, 6) is -0.799. The minimum Gasteiger partial charge on any atom is -0.406 e. The number of halogens is 3. The Morgan fingerprint density at radius 1 is 1.26 bits per heavy atom. The fraction of sp³-hybridized carbons (Fsp3) is 0.353. The van der Waals surface area contributed by atoms with Gasteiger partial charge in [-0.1, -0.05) is 12.1 Å². The molecule has 1 aliphatic heterocycles. The van der Waals surface area contributed by atoms with Crippen LogP contribution < -0.4 is 10.1 Å². The highest BCUT2D eigenvalue weighted by molar-refractivity contribution is 5.96. The predicted molar refractivity (Wildman–Crippen MR) is 88.1 cm³/mol. The van der Waals surface area contributed by atoms with E-state index in [0.29, 0.717) is 25.2 Å². The summed E-state index contributed by atoms with van der Waals surface area (Å²) in [6.07, 6.45) is -3.23. The van der Waals surface area contributed by atoms with Gasteiger partial charge in [0, 0.05) is 32.4 Å². The van der Waals surface area contributed by atoms with Crippen LogP contribution in [0.15, 0.2) is 30.5 Å². The van der Waals surface area contributed by atoms with Crippen molar-refractivity contribution in [1.82, 2.24) is 19.8 Å². The molecule has 0 saturated heterocycles. The molecule has 1 aromatic carbocycles. The minimum absolute atomic E-state index is 0.0996. The molecule has 2 amide bonds. The molecule has 0 atom stereocenters. The van der Waals surface area contributed by atoms with Crippen molar-refractivity contribution in [2.75, 3.05) is 13.1 Å². The van der Waals surface area contributed by atoms with Crippen LogP contribution in [0.1, 0.15) is 33.6 Å². The van der Waals surface area contributed by atoms with Gasteiger partial charge in [0.05, 0.1) is 0 Å². The van der Waals surface area contributed by atoms with Crippen molar-refractivity contribution in [2.24, 2.45) is 0 Å². The number of benzene rings is 1. The Balaban J connectivity index is 1.61. The fourth-order valence-corrected chi connectivity index (χ4v) is 2.72. The van der Waals surface area contributed by atoms with E-state index in [4.69, 9.17) is 0 Å². The zero-order valence-corrected chi connectivity index (χ0v) is 14.4. The molecular formula is C17H17F3N4O3. The Morgan fingerprint density at radius 3 is 2.59 bits per heavy atom. The number of aromatic nitrogens is 2. The van der Waals surface area contributed by atoms with Crippen LogP contribution in [-0.2, 0) is 13.1 Å². The summed E-state index contributed by atoms with van der Waals surface area (Å²) in [6, 6.07) is 5.18. The summed E-state index contributed by atoms with van der Waals surface area (Å²) in [5.41, 5.74) is 0.711. The van der Waals surface area contributed by atoms with Gasteiger partial charge < -0.3 is 19.5 Å². The average molecular weight is 382 g/mol. The maximum absolute atomic E-state index is 12.3. The number of imidazole rings is 1. The van der Waals surface area contributed by atoms with Gasteiger partial charge in [-0.25, -0.2) is 4.98 Å². The van der Waals surface area contributed by atoms with E-state index < -0.39 is 12.3 Å². The second-order valence-electron chi connectivity index (χ2n) is 5.90. The molecule has 10 heteroatoms. The second kappa shape index (κ2) is 7.29. The lowest BCUT2D eigenvalue weighted by Gasteiger charge is -2.25. The van der Waals surface area contributed by atoms with Crippen molar-refractivity contribution in [2.45, 2.75) is 26.4 Å². The fourth-order valence-electron chi connectivity index (χ4n) is 2.72. The lowest BCUT2D eigenvalue weighted by atomic mass is 10.2. The first kappa shape index (κ1) is 18.7. The van der Waals surface area contributed by atoms with Crippen molar-refractivity contribution in [3.63, 3.8) is 0 Å². The van der Waals surface area contributed by atoms with Gasteiger partial charge in [0.25, 0.3) is 11.8 Å². The second-order valence-corrected chi connectivity index (χ2v) is 5.90. The largest absolute Gasteiger partial charge is 0.573 e. The van der Waals surface area contributed by atoms with Crippen LogP contribution in [0.2, 0.25) is 0 Å². The van der Waals surface area contributed by atoms with E-state index in [1.165, 1.54) is 30.5 Å². The third-order valence-corrected chi connectivity index (χ3v) is 4.09. The van der Waals surface area contributed by atoms with Gasteiger partial charge in [-0.15, -0.1) is 13.2 Å². The Hall–Kier alpha value is -3.04. The normalized spacial score (nSPS) is 14.1. The summed E-state index contributed by atoms with van der Waals surface area (Å²) >= 11 is 0. The summed E-state index contributed by atoms with van der Waals surface area (Å²) < 4.78 is 41.9. The van der Waals surface area contributed by atoms with Crippen LogP contribution in [0.4, 0.5) is 13.2 Å². The number of hydrogen-bond acceptors (Lipinski definition) is 4. The number of rotatable bonds is 5. The van der Waals surface area contributed by atoms with Crippen molar-refractivity contribution < 1.29 is 27.5 Å². The average Bonchev–Trinajstić information content (AvgIpc) is 3.05. The SMILES string of the molecule is CCN1CCn2cc(C(=O)NCc3ccc(OC(F)(F)F)cc3)nc2C1=O. The first-order chi connectivity index (χ1) is 12.8. The van der Waals surface area contributed by atoms with Gasteiger partial charge in [-0.2, -0.15) is 0 Å². The summed E-state index contributed by atoms with van der Waals surface area (Å²) in [5, 5.41) is 2.63. The molecule has 0 fully saturated rings. The molecule has 2 heterocycles. The molecule has 0 bridgehead atoms. The van der Waals surface area contributed by atoms with Crippen LogP contribution in [0.25, 0.3) is 0 Å². The minimum atomic E-state index is -4.75. The quantitative estimate of drug-likeness (QED) is 0.860. The molecule has 3 rings (SSSR count). The number of amides is 2. The van der Waals surface area contributed by atoms with E-state index in [0.717, 1.165) is 0 Å². The Morgan fingerprint density at radius 2 is 1.96 bits per heavy atom. The lowest BCUT2D eigenvalue weighted by Crippen LogP contribution is -2.40. The first-order valence-electron chi connectivity index (χ1n) is 8.26. The highest BCUT2D eigenvalue weighted by atomic mass is 19.4. The predicted octanol–water partition coefficient (Wildman–Crippen LogP) is 2.19. The number of nitrogens with one attached hydrogen (secondary N) is 1. The van der Waals surface area contributed by atoms with Gasteiger partial charge >= 0.3 is 6.36 Å². The standard InChI is InChI=1S/C17H17F3N4O3/c1-2-23-7-8-24-10-13(22-14(24)16(23)26)15(25)21-9-11-3-5-12(6-4-11)27-17(18,19)20/h3-6,10H,2,7-9H2,1H3,(H,21,25). The van der Waals surface area contributed by atoms with Crippen LogP contribution in [0, 0.1) is 0 Å². The molecule has 7 nitrogen and oxygen atoms in total. The smallest absolute Gasteiger partial charge is 0.406 e. The molecule has 2 aromatic rings. The summed E-state index contributed by atoms with van der Waals surface area (Å²) in [4.78, 5) is 30.2. The molecule has 0 radical (unpaired) electrons. The lowest BCUT2D eigenvalue weighted by molar-refractivity contribution is -0.274. The number of alkyl halides is 3. The summed E-state index contributed by atoms with van der Waals surface area (Å²) in [7, 11) is 0. The van der Waals surface area contributed by atoms with Crippen LogP contribution in [0.5, 0.6) is 5.75 Å². The number of likely N-dealkylation sites (N-methyl/N-ethyl adjacent to an activating group) is 1. The van der Waals surface area contributed by atoms with E-state index in [1.54, 1.807) is 9.47 Å². The topological polar surface area (TPSA) is 76.5 Å². The maximum Gasteiger partial charge on any atom is 0.573 e. The Labute approximate surface area is 152 Å². The number of carbonyl (C=O) groups excluding carboxylic acids is 2. The van der Waals surface area contributed by atoms with Gasteiger partial charge in [-0.05, 0) is 24.6 Å². The first-order valence-corrected chi connectivity index (χ1v) is 8.26. The molecular weight excluding hydrogens is 365 g/mol.